The zero-order valence-electron chi connectivity index (χ0n) is 12.0. The van der Waals surface area contributed by atoms with E-state index in [1.165, 1.54) is 12.1 Å². The maximum Gasteiger partial charge on any atom is 0.289 e. The molecule has 0 atom stereocenters. The van der Waals surface area contributed by atoms with Crippen LogP contribution in [0.15, 0.2) is 36.4 Å². The van der Waals surface area contributed by atoms with Gasteiger partial charge in [-0.2, -0.15) is 0 Å². The van der Waals surface area contributed by atoms with E-state index in [1.54, 1.807) is 6.07 Å². The number of aryl methyl sites for hydroxylation is 2. The maximum atomic E-state index is 10.9. The summed E-state index contributed by atoms with van der Waals surface area (Å²) in [7, 11) is 0. The van der Waals surface area contributed by atoms with E-state index >= 15 is 0 Å². The number of hydrogen-bond acceptors (Lipinski definition) is 3. The van der Waals surface area contributed by atoms with Crippen LogP contribution in [-0.2, 0) is 0 Å². The zero-order chi connectivity index (χ0) is 16.3. The molecule has 2 aromatic rings. The van der Waals surface area contributed by atoms with Gasteiger partial charge in [0.15, 0.2) is 5.11 Å². The van der Waals surface area contributed by atoms with E-state index in [4.69, 9.17) is 23.8 Å². The molecule has 0 saturated heterocycles. The molecule has 0 aliphatic heterocycles. The highest BCUT2D eigenvalue weighted by molar-refractivity contribution is 7.80. The molecule has 7 heteroatoms. The van der Waals surface area contributed by atoms with E-state index in [0.29, 0.717) is 10.8 Å². The Morgan fingerprint density at radius 1 is 1.09 bits per heavy atom. The van der Waals surface area contributed by atoms with Gasteiger partial charge in [-0.05, 0) is 61.5 Å². The van der Waals surface area contributed by atoms with Crippen molar-refractivity contribution in [2.45, 2.75) is 13.8 Å². The van der Waals surface area contributed by atoms with Crippen LogP contribution in [0, 0.1) is 24.0 Å². The van der Waals surface area contributed by atoms with E-state index in [2.05, 4.69) is 16.7 Å². The van der Waals surface area contributed by atoms with Crippen LogP contribution in [-0.4, -0.2) is 10.0 Å². The Kier molecular flexibility index (Phi) is 4.95. The van der Waals surface area contributed by atoms with Crippen LogP contribution in [0.4, 0.5) is 17.1 Å². The number of anilines is 2. The van der Waals surface area contributed by atoms with Crippen molar-refractivity contribution in [1.29, 1.82) is 0 Å². The molecule has 0 heterocycles. The number of thiocarbonyl (C=S) groups is 1. The fraction of sp³-hybridized carbons (Fsp3) is 0.133. The van der Waals surface area contributed by atoms with Gasteiger partial charge in [0.25, 0.3) is 5.69 Å². The topological polar surface area (TPSA) is 67.2 Å². The summed E-state index contributed by atoms with van der Waals surface area (Å²) >= 11 is 11.0. The molecule has 0 fully saturated rings. The van der Waals surface area contributed by atoms with Gasteiger partial charge in [-0.25, -0.2) is 0 Å². The Balaban J connectivity index is 2.12. The van der Waals surface area contributed by atoms with E-state index < -0.39 is 4.92 Å². The van der Waals surface area contributed by atoms with Crippen LogP contribution in [0.3, 0.4) is 0 Å². The van der Waals surface area contributed by atoms with Crippen molar-refractivity contribution in [3.05, 3.63) is 62.7 Å². The number of hydrogen-bond donors (Lipinski definition) is 2. The minimum absolute atomic E-state index is 0.0868. The largest absolute Gasteiger partial charge is 0.332 e. The SMILES string of the molecule is Cc1cc(C)cc(NC(=S)Nc2ccc(Cl)c([N+](=O)[O-])c2)c1. The van der Waals surface area contributed by atoms with Crippen LogP contribution in [0.5, 0.6) is 0 Å². The molecule has 0 aliphatic carbocycles. The second-order valence-corrected chi connectivity index (χ2v) is 5.69. The first-order chi connectivity index (χ1) is 10.3. The number of benzene rings is 2. The summed E-state index contributed by atoms with van der Waals surface area (Å²) in [6.07, 6.45) is 0. The van der Waals surface area contributed by atoms with Crippen molar-refractivity contribution in [3.8, 4) is 0 Å². The summed E-state index contributed by atoms with van der Waals surface area (Å²) in [5, 5.41) is 17.3. The lowest BCUT2D eigenvalue weighted by Gasteiger charge is -2.12. The third kappa shape index (κ3) is 4.16. The Labute approximate surface area is 138 Å². The van der Waals surface area contributed by atoms with Gasteiger partial charge >= 0.3 is 0 Å². The second kappa shape index (κ2) is 6.72. The van der Waals surface area contributed by atoms with Crippen LogP contribution >= 0.6 is 23.8 Å². The molecule has 114 valence electrons. The molecular formula is C15H14ClN3O2S. The molecule has 2 N–H and O–H groups in total. The average molecular weight is 336 g/mol. The zero-order valence-corrected chi connectivity index (χ0v) is 13.6. The first-order valence-electron chi connectivity index (χ1n) is 6.45. The summed E-state index contributed by atoms with van der Waals surface area (Å²) in [5.41, 5.74) is 3.43. The van der Waals surface area contributed by atoms with Gasteiger partial charge in [-0.3, -0.25) is 10.1 Å². The lowest BCUT2D eigenvalue weighted by atomic mass is 10.1. The minimum atomic E-state index is -0.534. The molecular weight excluding hydrogens is 322 g/mol. The molecule has 0 bridgehead atoms. The molecule has 2 rings (SSSR count). The van der Waals surface area contributed by atoms with Crippen LogP contribution < -0.4 is 10.6 Å². The van der Waals surface area contributed by atoms with Crippen molar-refractivity contribution in [2.75, 3.05) is 10.6 Å². The maximum absolute atomic E-state index is 10.9. The smallest absolute Gasteiger partial charge is 0.289 e. The first-order valence-corrected chi connectivity index (χ1v) is 7.24. The standard InChI is InChI=1S/C15H14ClN3O2S/c1-9-5-10(2)7-12(6-9)18-15(22)17-11-3-4-13(16)14(8-11)19(20)21/h3-8H,1-2H3,(H2,17,18,22). The fourth-order valence-electron chi connectivity index (χ4n) is 2.07. The molecule has 2 aromatic carbocycles. The quantitative estimate of drug-likeness (QED) is 0.484. The summed E-state index contributed by atoms with van der Waals surface area (Å²) in [6.45, 7) is 3.99. The fourth-order valence-corrected chi connectivity index (χ4v) is 2.49. The molecule has 0 saturated carbocycles. The van der Waals surface area contributed by atoms with Crippen LogP contribution in [0.25, 0.3) is 0 Å². The normalized spacial score (nSPS) is 10.1. The Hall–Kier alpha value is -2.18. The number of nitro groups is 1. The molecule has 0 amide bonds. The Morgan fingerprint density at radius 3 is 2.27 bits per heavy atom. The molecule has 0 aromatic heterocycles. The summed E-state index contributed by atoms with van der Waals surface area (Å²) < 4.78 is 0. The number of nitrogens with one attached hydrogen (secondary N) is 2. The third-order valence-corrected chi connectivity index (χ3v) is 3.40. The molecule has 5 nitrogen and oxygen atoms in total. The highest BCUT2D eigenvalue weighted by Crippen LogP contribution is 2.27. The predicted octanol–water partition coefficient (Wildman–Crippen LogP) is 4.67. The highest BCUT2D eigenvalue weighted by Gasteiger charge is 2.13. The van der Waals surface area contributed by atoms with E-state index in [0.717, 1.165) is 16.8 Å². The molecule has 0 spiro atoms. The van der Waals surface area contributed by atoms with E-state index in [9.17, 15) is 10.1 Å². The van der Waals surface area contributed by atoms with E-state index in [-0.39, 0.29) is 10.7 Å². The monoisotopic (exact) mass is 335 g/mol. The third-order valence-electron chi connectivity index (χ3n) is 2.88. The Bertz CT molecular complexity index is 729. The lowest BCUT2D eigenvalue weighted by Crippen LogP contribution is -2.19. The van der Waals surface area contributed by atoms with E-state index in [1.807, 2.05) is 26.0 Å². The van der Waals surface area contributed by atoms with Crippen LogP contribution in [0.1, 0.15) is 11.1 Å². The van der Waals surface area contributed by atoms with Crippen molar-refractivity contribution in [3.63, 3.8) is 0 Å². The first kappa shape index (κ1) is 16.2. The van der Waals surface area contributed by atoms with Gasteiger partial charge in [0.05, 0.1) is 4.92 Å². The summed E-state index contributed by atoms with van der Waals surface area (Å²) in [6, 6.07) is 10.4. The van der Waals surface area contributed by atoms with Gasteiger partial charge in [-0.15, -0.1) is 0 Å². The predicted molar refractivity (Wildman–Crippen MR) is 93.9 cm³/mol. The molecule has 0 radical (unpaired) electrons. The van der Waals surface area contributed by atoms with Crippen molar-refractivity contribution in [1.82, 2.24) is 0 Å². The van der Waals surface area contributed by atoms with Crippen molar-refractivity contribution < 1.29 is 4.92 Å². The average Bonchev–Trinajstić information content (AvgIpc) is 2.39. The highest BCUT2D eigenvalue weighted by atomic mass is 35.5. The van der Waals surface area contributed by atoms with Gasteiger partial charge < -0.3 is 10.6 Å². The number of nitrogens with zero attached hydrogens (tertiary/aromatic N) is 1. The van der Waals surface area contributed by atoms with Crippen LogP contribution in [0.2, 0.25) is 5.02 Å². The summed E-state index contributed by atoms with van der Waals surface area (Å²) in [4.78, 5) is 10.3. The van der Waals surface area contributed by atoms with Gasteiger partial charge in [-0.1, -0.05) is 17.7 Å². The number of halogens is 1. The lowest BCUT2D eigenvalue weighted by molar-refractivity contribution is -0.384. The second-order valence-electron chi connectivity index (χ2n) is 4.88. The van der Waals surface area contributed by atoms with Gasteiger partial charge in [0.2, 0.25) is 0 Å². The summed E-state index contributed by atoms with van der Waals surface area (Å²) in [5.74, 6) is 0. The molecule has 0 unspecified atom stereocenters. The number of nitro benzene ring substituents is 1. The van der Waals surface area contributed by atoms with Gasteiger partial charge in [0.1, 0.15) is 5.02 Å². The van der Waals surface area contributed by atoms with Gasteiger partial charge in [0, 0.05) is 17.4 Å². The van der Waals surface area contributed by atoms with Crippen molar-refractivity contribution >= 4 is 46.0 Å². The van der Waals surface area contributed by atoms with Crippen molar-refractivity contribution in [2.24, 2.45) is 0 Å². The Morgan fingerprint density at radius 2 is 1.68 bits per heavy atom. The molecule has 22 heavy (non-hydrogen) atoms. The minimum Gasteiger partial charge on any atom is -0.332 e. The molecule has 0 aliphatic rings. The number of rotatable bonds is 3.